The second-order valence-electron chi connectivity index (χ2n) is 4.54. The molecule has 7 nitrogen and oxygen atoms in total. The van der Waals surface area contributed by atoms with E-state index in [0.29, 0.717) is 26.3 Å². The summed E-state index contributed by atoms with van der Waals surface area (Å²) in [6, 6.07) is 8.54. The molecule has 3 aromatic rings. The van der Waals surface area contributed by atoms with Gasteiger partial charge in [0.2, 0.25) is 12.7 Å². The second-order valence-corrected chi connectivity index (χ2v) is 6.25. The van der Waals surface area contributed by atoms with E-state index in [1.54, 1.807) is 30.3 Å². The van der Waals surface area contributed by atoms with Gasteiger partial charge in [-0.15, -0.1) is 16.4 Å². The van der Waals surface area contributed by atoms with Gasteiger partial charge in [0.05, 0.1) is 9.21 Å². The van der Waals surface area contributed by atoms with Crippen LogP contribution in [-0.4, -0.2) is 22.9 Å². The molecule has 4 rings (SSSR count). The lowest BCUT2D eigenvalue weighted by molar-refractivity contribution is 0.102. The van der Waals surface area contributed by atoms with Crippen LogP contribution in [-0.2, 0) is 0 Å². The summed E-state index contributed by atoms with van der Waals surface area (Å²) in [6.45, 7) is 0.188. The minimum atomic E-state index is -0.359. The lowest BCUT2D eigenvalue weighted by Gasteiger charge is -1.98. The molecule has 0 fully saturated rings. The van der Waals surface area contributed by atoms with Gasteiger partial charge in [-0.05, 0) is 30.3 Å². The van der Waals surface area contributed by atoms with Crippen molar-refractivity contribution in [3.05, 3.63) is 39.5 Å². The quantitative estimate of drug-likeness (QED) is 0.779. The Balaban J connectivity index is 1.54. The number of fused-ring (bicyclic) bond motifs is 1. The van der Waals surface area contributed by atoms with E-state index in [4.69, 9.17) is 25.5 Å². The highest BCUT2D eigenvalue weighted by Gasteiger charge is 2.18. The number of ether oxygens (including phenoxy) is 2. The van der Waals surface area contributed by atoms with Gasteiger partial charge in [0.25, 0.3) is 5.91 Å². The molecule has 0 saturated heterocycles. The molecular formula is C14H8ClN3O4S. The van der Waals surface area contributed by atoms with Crippen LogP contribution in [0, 0.1) is 0 Å². The van der Waals surface area contributed by atoms with Crippen LogP contribution in [0.15, 0.2) is 34.7 Å². The van der Waals surface area contributed by atoms with E-state index in [0.717, 1.165) is 11.3 Å². The normalized spacial score (nSPS) is 12.4. The molecule has 0 radical (unpaired) electrons. The SMILES string of the molecule is O=C(Nc1nnc(-c2ccc3c(c2)OCO3)o1)c1ccc(Cl)s1. The van der Waals surface area contributed by atoms with Crippen molar-refractivity contribution in [3.8, 4) is 23.0 Å². The van der Waals surface area contributed by atoms with Gasteiger partial charge in [-0.25, -0.2) is 0 Å². The number of thiophene rings is 1. The summed E-state index contributed by atoms with van der Waals surface area (Å²) in [4.78, 5) is 12.5. The molecule has 0 spiro atoms. The van der Waals surface area contributed by atoms with Gasteiger partial charge in [0, 0.05) is 5.56 Å². The Hall–Kier alpha value is -2.58. The van der Waals surface area contributed by atoms with Crippen LogP contribution in [0.1, 0.15) is 9.67 Å². The van der Waals surface area contributed by atoms with E-state index < -0.39 is 0 Å². The molecule has 3 heterocycles. The second kappa shape index (κ2) is 5.56. The zero-order valence-electron chi connectivity index (χ0n) is 11.4. The third-order valence-electron chi connectivity index (χ3n) is 3.06. The van der Waals surface area contributed by atoms with Gasteiger partial charge in [-0.1, -0.05) is 16.7 Å². The van der Waals surface area contributed by atoms with Gasteiger partial charge in [-0.2, -0.15) is 0 Å². The molecule has 1 amide bonds. The number of anilines is 1. The third-order valence-corrected chi connectivity index (χ3v) is 4.29. The van der Waals surface area contributed by atoms with Crippen LogP contribution in [0.3, 0.4) is 0 Å². The van der Waals surface area contributed by atoms with Crippen molar-refractivity contribution in [3.63, 3.8) is 0 Å². The molecule has 1 N–H and O–H groups in total. The number of hydrogen-bond donors (Lipinski definition) is 1. The van der Waals surface area contributed by atoms with E-state index in [2.05, 4.69) is 15.5 Å². The van der Waals surface area contributed by atoms with Gasteiger partial charge in [0.1, 0.15) is 0 Å². The summed E-state index contributed by atoms with van der Waals surface area (Å²) < 4.78 is 16.5. The predicted octanol–water partition coefficient (Wildman–Crippen LogP) is 3.43. The van der Waals surface area contributed by atoms with Crippen LogP contribution >= 0.6 is 22.9 Å². The van der Waals surface area contributed by atoms with E-state index in [9.17, 15) is 4.79 Å². The third kappa shape index (κ3) is 2.73. The Morgan fingerprint density at radius 1 is 1.17 bits per heavy atom. The Labute approximate surface area is 138 Å². The van der Waals surface area contributed by atoms with Crippen molar-refractivity contribution in [2.24, 2.45) is 0 Å². The average molecular weight is 350 g/mol. The fourth-order valence-corrected chi connectivity index (χ4v) is 2.95. The van der Waals surface area contributed by atoms with Crippen molar-refractivity contribution < 1.29 is 18.7 Å². The Kier molecular flexibility index (Phi) is 3.40. The Bertz CT molecular complexity index is 892. The molecule has 116 valence electrons. The minimum Gasteiger partial charge on any atom is -0.454 e. The minimum absolute atomic E-state index is 0.00666. The van der Waals surface area contributed by atoms with E-state index in [-0.39, 0.29) is 24.6 Å². The zero-order chi connectivity index (χ0) is 15.8. The molecule has 0 unspecified atom stereocenters. The molecule has 23 heavy (non-hydrogen) atoms. The largest absolute Gasteiger partial charge is 0.454 e. The Morgan fingerprint density at radius 3 is 2.87 bits per heavy atom. The zero-order valence-corrected chi connectivity index (χ0v) is 13.0. The van der Waals surface area contributed by atoms with Crippen molar-refractivity contribution in [1.29, 1.82) is 0 Å². The average Bonchev–Trinajstić information content (AvgIpc) is 3.26. The summed E-state index contributed by atoms with van der Waals surface area (Å²) in [6.07, 6.45) is 0. The molecule has 0 atom stereocenters. The van der Waals surface area contributed by atoms with Crippen LogP contribution in [0.5, 0.6) is 11.5 Å². The first-order valence-electron chi connectivity index (χ1n) is 6.49. The number of rotatable bonds is 3. The lowest BCUT2D eigenvalue weighted by Crippen LogP contribution is -2.10. The van der Waals surface area contributed by atoms with Crippen LogP contribution in [0.4, 0.5) is 6.01 Å². The van der Waals surface area contributed by atoms with Crippen LogP contribution < -0.4 is 14.8 Å². The highest BCUT2D eigenvalue weighted by Crippen LogP contribution is 2.35. The molecule has 2 aromatic heterocycles. The number of hydrogen-bond acceptors (Lipinski definition) is 7. The fraction of sp³-hybridized carbons (Fsp3) is 0.0714. The molecule has 1 aliphatic heterocycles. The number of halogens is 1. The fourth-order valence-electron chi connectivity index (χ4n) is 2.02. The predicted molar refractivity (Wildman–Crippen MR) is 83.1 cm³/mol. The monoisotopic (exact) mass is 349 g/mol. The van der Waals surface area contributed by atoms with Gasteiger partial charge in [-0.3, -0.25) is 10.1 Å². The first-order valence-corrected chi connectivity index (χ1v) is 7.69. The van der Waals surface area contributed by atoms with E-state index in [1.807, 2.05) is 0 Å². The van der Waals surface area contributed by atoms with Crippen molar-refractivity contribution in [1.82, 2.24) is 10.2 Å². The molecule has 0 bridgehead atoms. The highest BCUT2D eigenvalue weighted by atomic mass is 35.5. The summed E-state index contributed by atoms with van der Waals surface area (Å²) >= 11 is 6.97. The lowest BCUT2D eigenvalue weighted by atomic mass is 10.2. The molecule has 1 aliphatic rings. The van der Waals surface area contributed by atoms with E-state index in [1.165, 1.54) is 0 Å². The molecule has 9 heteroatoms. The highest BCUT2D eigenvalue weighted by molar-refractivity contribution is 7.18. The number of carbonyl (C=O) groups excluding carboxylic acids is 1. The Morgan fingerprint density at radius 2 is 2.04 bits per heavy atom. The van der Waals surface area contributed by atoms with Crippen molar-refractivity contribution in [2.75, 3.05) is 12.1 Å². The maximum atomic E-state index is 12.0. The number of nitrogens with one attached hydrogen (secondary N) is 1. The van der Waals surface area contributed by atoms with E-state index >= 15 is 0 Å². The number of nitrogens with zero attached hydrogens (tertiary/aromatic N) is 2. The summed E-state index contributed by atoms with van der Waals surface area (Å²) in [5.74, 6) is 1.18. The smallest absolute Gasteiger partial charge is 0.322 e. The summed E-state index contributed by atoms with van der Waals surface area (Å²) in [5.41, 5.74) is 0.668. The van der Waals surface area contributed by atoms with Gasteiger partial charge >= 0.3 is 6.01 Å². The number of carbonyl (C=O) groups is 1. The summed E-state index contributed by atoms with van der Waals surface area (Å²) in [5, 5.41) is 10.3. The first-order chi connectivity index (χ1) is 11.2. The molecule has 0 saturated carbocycles. The van der Waals surface area contributed by atoms with Gasteiger partial charge < -0.3 is 13.9 Å². The number of amides is 1. The van der Waals surface area contributed by atoms with Crippen LogP contribution in [0.2, 0.25) is 4.34 Å². The number of benzene rings is 1. The molecule has 0 aliphatic carbocycles. The number of aromatic nitrogens is 2. The molecular weight excluding hydrogens is 342 g/mol. The van der Waals surface area contributed by atoms with Gasteiger partial charge in [0.15, 0.2) is 11.5 Å². The first kappa shape index (κ1) is 14.0. The molecule has 1 aromatic carbocycles. The standard InChI is InChI=1S/C14H8ClN3O4S/c15-11-4-3-10(23-11)12(19)16-14-18-17-13(22-14)7-1-2-8-9(5-7)21-6-20-8/h1-5H,6H2,(H,16,18,19). The van der Waals surface area contributed by atoms with Crippen molar-refractivity contribution in [2.45, 2.75) is 0 Å². The summed E-state index contributed by atoms with van der Waals surface area (Å²) in [7, 11) is 0. The topological polar surface area (TPSA) is 86.5 Å². The van der Waals surface area contributed by atoms with Crippen molar-refractivity contribution >= 4 is 34.9 Å². The van der Waals surface area contributed by atoms with Crippen LogP contribution in [0.25, 0.3) is 11.5 Å². The maximum Gasteiger partial charge on any atom is 0.322 e. The maximum absolute atomic E-state index is 12.0.